The summed E-state index contributed by atoms with van der Waals surface area (Å²) in [4.78, 5) is 22.3. The van der Waals surface area contributed by atoms with Crippen molar-refractivity contribution < 1.29 is 19.1 Å². The third kappa shape index (κ3) is 3.24. The van der Waals surface area contributed by atoms with Gasteiger partial charge in [0, 0.05) is 18.9 Å². The molecular formula is C14H17NO4. The summed E-state index contributed by atoms with van der Waals surface area (Å²) < 4.78 is 10.9. The van der Waals surface area contributed by atoms with Gasteiger partial charge in [-0.2, -0.15) is 0 Å². The second-order valence-corrected chi connectivity index (χ2v) is 4.52. The van der Waals surface area contributed by atoms with Crippen LogP contribution in [0.1, 0.15) is 23.2 Å². The van der Waals surface area contributed by atoms with E-state index in [4.69, 9.17) is 9.47 Å². The summed E-state index contributed by atoms with van der Waals surface area (Å²) >= 11 is 0. The van der Waals surface area contributed by atoms with E-state index >= 15 is 0 Å². The minimum Gasteiger partial charge on any atom is -0.493 e. The van der Waals surface area contributed by atoms with E-state index in [2.05, 4.69) is 5.32 Å². The third-order valence-corrected chi connectivity index (χ3v) is 3.17. The lowest BCUT2D eigenvalue weighted by Gasteiger charge is -2.23. The van der Waals surface area contributed by atoms with Gasteiger partial charge < -0.3 is 14.8 Å². The molecule has 1 atom stereocenters. The number of aldehydes is 1. The molecule has 1 unspecified atom stereocenters. The van der Waals surface area contributed by atoms with E-state index in [0.717, 1.165) is 12.7 Å². The maximum atomic E-state index is 11.3. The first-order chi connectivity index (χ1) is 9.24. The van der Waals surface area contributed by atoms with Crippen LogP contribution < -0.4 is 14.8 Å². The Morgan fingerprint density at radius 2 is 2.32 bits per heavy atom. The number of nitrogens with one attached hydrogen (secondary N) is 1. The molecule has 1 aliphatic rings. The molecule has 1 aromatic carbocycles. The zero-order chi connectivity index (χ0) is 13.7. The van der Waals surface area contributed by atoms with Crippen LogP contribution in [-0.4, -0.2) is 32.5 Å². The van der Waals surface area contributed by atoms with Crippen molar-refractivity contribution in [3.8, 4) is 11.5 Å². The first kappa shape index (κ1) is 13.4. The van der Waals surface area contributed by atoms with Crippen molar-refractivity contribution in [3.05, 3.63) is 23.8 Å². The third-order valence-electron chi connectivity index (χ3n) is 3.17. The van der Waals surface area contributed by atoms with Crippen molar-refractivity contribution in [2.75, 3.05) is 20.3 Å². The smallest absolute Gasteiger partial charge is 0.220 e. The average molecular weight is 263 g/mol. The van der Waals surface area contributed by atoms with Crippen LogP contribution in [0.2, 0.25) is 0 Å². The Balaban J connectivity index is 2.05. The molecule has 2 rings (SSSR count). The molecule has 0 saturated carbocycles. The van der Waals surface area contributed by atoms with Gasteiger partial charge in [0.15, 0.2) is 17.8 Å². The molecule has 1 amide bonds. The van der Waals surface area contributed by atoms with Gasteiger partial charge in [-0.15, -0.1) is 0 Å². The molecule has 0 radical (unpaired) electrons. The second kappa shape index (κ2) is 6.22. The van der Waals surface area contributed by atoms with E-state index in [-0.39, 0.29) is 11.8 Å². The molecule has 0 spiro atoms. The Kier molecular flexibility index (Phi) is 4.39. The Morgan fingerprint density at radius 3 is 3.00 bits per heavy atom. The quantitative estimate of drug-likeness (QED) is 0.816. The normalized spacial score (nSPS) is 18.6. The lowest BCUT2D eigenvalue weighted by atomic mass is 9.99. The van der Waals surface area contributed by atoms with Crippen LogP contribution in [-0.2, 0) is 4.79 Å². The summed E-state index contributed by atoms with van der Waals surface area (Å²) in [5.74, 6) is 1.21. The van der Waals surface area contributed by atoms with Crippen molar-refractivity contribution >= 4 is 12.2 Å². The van der Waals surface area contributed by atoms with Crippen LogP contribution in [0.25, 0.3) is 0 Å². The topological polar surface area (TPSA) is 64.6 Å². The zero-order valence-corrected chi connectivity index (χ0v) is 10.8. The van der Waals surface area contributed by atoms with Gasteiger partial charge in [-0.05, 0) is 18.6 Å². The minimum atomic E-state index is 0.0514. The number of rotatable bonds is 5. The predicted molar refractivity (Wildman–Crippen MR) is 69.6 cm³/mol. The van der Waals surface area contributed by atoms with E-state index in [9.17, 15) is 9.59 Å². The summed E-state index contributed by atoms with van der Waals surface area (Å²) in [6, 6.07) is 5.16. The van der Waals surface area contributed by atoms with E-state index < -0.39 is 0 Å². The maximum absolute atomic E-state index is 11.3. The van der Waals surface area contributed by atoms with Crippen LogP contribution in [0, 0.1) is 5.92 Å². The number of benzene rings is 1. The second-order valence-electron chi connectivity index (χ2n) is 4.52. The molecule has 1 N–H and O–H groups in total. The summed E-state index contributed by atoms with van der Waals surface area (Å²) in [5, 5.41) is 2.78. The van der Waals surface area contributed by atoms with Crippen LogP contribution in [0.5, 0.6) is 11.5 Å². The summed E-state index contributed by atoms with van der Waals surface area (Å²) in [5.41, 5.74) is 0.458. The molecule has 1 heterocycles. The molecule has 1 aliphatic heterocycles. The van der Waals surface area contributed by atoms with E-state index in [1.807, 2.05) is 0 Å². The highest BCUT2D eigenvalue weighted by atomic mass is 16.5. The molecule has 5 heteroatoms. The molecule has 19 heavy (non-hydrogen) atoms. The number of methoxy groups -OCH3 is 1. The van der Waals surface area contributed by atoms with Crippen molar-refractivity contribution in [1.29, 1.82) is 0 Å². The van der Waals surface area contributed by atoms with Crippen molar-refractivity contribution in [3.63, 3.8) is 0 Å². The zero-order valence-electron chi connectivity index (χ0n) is 10.8. The van der Waals surface area contributed by atoms with Crippen molar-refractivity contribution in [2.45, 2.75) is 12.8 Å². The van der Waals surface area contributed by atoms with Crippen LogP contribution in [0.15, 0.2) is 18.2 Å². The highest BCUT2D eigenvalue weighted by Crippen LogP contribution is 2.30. The lowest BCUT2D eigenvalue weighted by molar-refractivity contribution is -0.123. The standard InChI is InChI=1S/C14H17NO4/c1-18-12-4-2-3-11(8-16)14(12)19-9-10-5-6-15-13(17)7-10/h2-4,8,10H,5-7,9H2,1H3,(H,15,17). The molecule has 102 valence electrons. The first-order valence-electron chi connectivity index (χ1n) is 6.26. The van der Waals surface area contributed by atoms with Gasteiger partial charge >= 0.3 is 0 Å². The predicted octanol–water partition coefficient (Wildman–Crippen LogP) is 1.41. The number of para-hydroxylation sites is 1. The van der Waals surface area contributed by atoms with Crippen molar-refractivity contribution in [1.82, 2.24) is 5.32 Å². The molecular weight excluding hydrogens is 246 g/mol. The van der Waals surface area contributed by atoms with Gasteiger partial charge in [-0.25, -0.2) is 0 Å². The average Bonchev–Trinajstić information content (AvgIpc) is 2.44. The number of carbonyl (C=O) groups is 2. The fourth-order valence-electron chi connectivity index (χ4n) is 2.14. The summed E-state index contributed by atoms with van der Waals surface area (Å²) in [6.07, 6.45) is 2.09. The van der Waals surface area contributed by atoms with Gasteiger partial charge in [0.1, 0.15) is 0 Å². The SMILES string of the molecule is COc1cccc(C=O)c1OCC1CCNC(=O)C1. The fraction of sp³-hybridized carbons (Fsp3) is 0.429. The Bertz CT molecular complexity index is 473. The molecule has 0 bridgehead atoms. The van der Waals surface area contributed by atoms with Gasteiger partial charge in [0.2, 0.25) is 5.91 Å². The lowest BCUT2D eigenvalue weighted by Crippen LogP contribution is -2.35. The monoisotopic (exact) mass is 263 g/mol. The van der Waals surface area contributed by atoms with E-state index in [1.54, 1.807) is 18.2 Å². The number of amides is 1. The number of piperidine rings is 1. The number of hydrogen-bond donors (Lipinski definition) is 1. The molecule has 1 aromatic rings. The summed E-state index contributed by atoms with van der Waals surface area (Å²) in [7, 11) is 1.53. The first-order valence-corrected chi connectivity index (χ1v) is 6.26. The molecule has 0 aliphatic carbocycles. The van der Waals surface area contributed by atoms with Crippen molar-refractivity contribution in [2.24, 2.45) is 5.92 Å². The molecule has 0 aromatic heterocycles. The Hall–Kier alpha value is -2.04. The Morgan fingerprint density at radius 1 is 1.47 bits per heavy atom. The van der Waals surface area contributed by atoms with Gasteiger partial charge in [-0.3, -0.25) is 9.59 Å². The highest BCUT2D eigenvalue weighted by Gasteiger charge is 2.20. The largest absolute Gasteiger partial charge is 0.493 e. The van der Waals surface area contributed by atoms with Gasteiger partial charge in [0.05, 0.1) is 19.3 Å². The van der Waals surface area contributed by atoms with Crippen LogP contribution in [0.4, 0.5) is 0 Å². The van der Waals surface area contributed by atoms with Crippen LogP contribution >= 0.6 is 0 Å². The molecule has 1 fully saturated rings. The van der Waals surface area contributed by atoms with Crippen LogP contribution in [0.3, 0.4) is 0 Å². The minimum absolute atomic E-state index is 0.0514. The van der Waals surface area contributed by atoms with Gasteiger partial charge in [0.25, 0.3) is 0 Å². The molecule has 1 saturated heterocycles. The van der Waals surface area contributed by atoms with E-state index in [0.29, 0.717) is 36.6 Å². The number of hydrogen-bond acceptors (Lipinski definition) is 4. The number of ether oxygens (including phenoxy) is 2. The van der Waals surface area contributed by atoms with Gasteiger partial charge in [-0.1, -0.05) is 6.07 Å². The molecule has 5 nitrogen and oxygen atoms in total. The maximum Gasteiger partial charge on any atom is 0.220 e. The summed E-state index contributed by atoms with van der Waals surface area (Å²) in [6.45, 7) is 1.09. The Labute approximate surface area is 111 Å². The highest BCUT2D eigenvalue weighted by molar-refractivity contribution is 5.81. The fourth-order valence-corrected chi connectivity index (χ4v) is 2.14. The van der Waals surface area contributed by atoms with E-state index in [1.165, 1.54) is 7.11 Å². The number of carbonyl (C=O) groups excluding carboxylic acids is 2.